The number of aromatic nitrogens is 4. The average molecular weight is 349 g/mol. The molecule has 0 saturated carbocycles. The number of nitrogens with two attached hydrogens (primary N) is 1. The van der Waals surface area contributed by atoms with Crippen molar-refractivity contribution in [1.29, 1.82) is 0 Å². The van der Waals surface area contributed by atoms with Gasteiger partial charge in [-0.1, -0.05) is 5.10 Å². The molecule has 8 heteroatoms. The molecule has 0 aliphatic heterocycles. The second-order valence-electron chi connectivity index (χ2n) is 2.89. The smallest absolute Gasteiger partial charge is 0.245 e. The summed E-state index contributed by atoms with van der Waals surface area (Å²) in [4.78, 5) is 0. The van der Waals surface area contributed by atoms with Gasteiger partial charge in [-0.2, -0.15) is 4.68 Å². The van der Waals surface area contributed by atoms with E-state index in [1.807, 2.05) is 6.07 Å². The van der Waals surface area contributed by atoms with Crippen LogP contribution in [0.1, 0.15) is 0 Å². The minimum Gasteiger partial charge on any atom is -0.495 e. The Bertz CT molecular complexity index is 527. The van der Waals surface area contributed by atoms with Gasteiger partial charge in [-0.25, -0.2) is 0 Å². The summed E-state index contributed by atoms with van der Waals surface area (Å²) >= 11 is 6.78. The number of nitrogens with zero attached hydrogens (tertiary/aromatic N) is 4. The molecule has 2 N–H and O–H groups in total. The third-order valence-corrected chi connectivity index (χ3v) is 3.20. The number of benzene rings is 1. The first kappa shape index (κ1) is 11.3. The van der Waals surface area contributed by atoms with Crippen LogP contribution in [0.15, 0.2) is 21.1 Å². The van der Waals surface area contributed by atoms with Crippen molar-refractivity contribution < 1.29 is 4.74 Å². The molecule has 0 aliphatic rings. The molecule has 2 aromatic rings. The summed E-state index contributed by atoms with van der Waals surface area (Å²) in [5, 5.41) is 10.9. The number of nitrogen functional groups attached to an aromatic ring is 1. The summed E-state index contributed by atoms with van der Waals surface area (Å²) in [6, 6.07) is 3.62. The van der Waals surface area contributed by atoms with Crippen molar-refractivity contribution in [1.82, 2.24) is 20.2 Å². The summed E-state index contributed by atoms with van der Waals surface area (Å²) in [5.41, 5.74) is 6.34. The van der Waals surface area contributed by atoms with E-state index in [4.69, 9.17) is 10.5 Å². The number of ether oxygens (including phenoxy) is 1. The normalized spacial score (nSPS) is 10.4. The van der Waals surface area contributed by atoms with E-state index in [0.29, 0.717) is 11.4 Å². The van der Waals surface area contributed by atoms with Gasteiger partial charge in [0.15, 0.2) is 0 Å². The first-order valence-electron chi connectivity index (χ1n) is 4.20. The third-order valence-electron chi connectivity index (χ3n) is 1.94. The van der Waals surface area contributed by atoms with E-state index in [9.17, 15) is 0 Å². The minimum absolute atomic E-state index is 0.213. The van der Waals surface area contributed by atoms with E-state index in [-0.39, 0.29) is 5.95 Å². The summed E-state index contributed by atoms with van der Waals surface area (Å²) in [6.07, 6.45) is 0. The van der Waals surface area contributed by atoms with Gasteiger partial charge in [0.2, 0.25) is 5.95 Å². The highest BCUT2D eigenvalue weighted by atomic mass is 79.9. The summed E-state index contributed by atoms with van der Waals surface area (Å²) in [6.45, 7) is 0. The van der Waals surface area contributed by atoms with Gasteiger partial charge in [-0.3, -0.25) is 0 Å². The maximum atomic E-state index is 5.62. The van der Waals surface area contributed by atoms with Crippen molar-refractivity contribution in [3.8, 4) is 11.4 Å². The second-order valence-corrected chi connectivity index (χ2v) is 4.60. The minimum atomic E-state index is 0.213. The Morgan fingerprint density at radius 1 is 1.31 bits per heavy atom. The molecule has 16 heavy (non-hydrogen) atoms. The van der Waals surface area contributed by atoms with Gasteiger partial charge in [-0.15, -0.1) is 0 Å². The van der Waals surface area contributed by atoms with E-state index < -0.39 is 0 Å². The first-order valence-corrected chi connectivity index (χ1v) is 5.79. The fourth-order valence-corrected chi connectivity index (χ4v) is 2.53. The molecule has 0 unspecified atom stereocenters. The van der Waals surface area contributed by atoms with Crippen LogP contribution in [0.25, 0.3) is 5.69 Å². The lowest BCUT2D eigenvalue weighted by atomic mass is 10.3. The average Bonchev–Trinajstić information content (AvgIpc) is 2.65. The van der Waals surface area contributed by atoms with Gasteiger partial charge in [0, 0.05) is 10.5 Å². The van der Waals surface area contributed by atoms with Crippen LogP contribution in [-0.2, 0) is 0 Å². The number of anilines is 1. The summed E-state index contributed by atoms with van der Waals surface area (Å²) in [7, 11) is 1.58. The fraction of sp³-hybridized carbons (Fsp3) is 0.125. The molecule has 0 atom stereocenters. The quantitative estimate of drug-likeness (QED) is 0.894. The van der Waals surface area contributed by atoms with Crippen molar-refractivity contribution >= 4 is 37.8 Å². The molecule has 6 nitrogen and oxygen atoms in total. The lowest BCUT2D eigenvalue weighted by Crippen LogP contribution is -2.04. The van der Waals surface area contributed by atoms with Crippen LogP contribution in [0.2, 0.25) is 0 Å². The molecule has 0 bridgehead atoms. The van der Waals surface area contributed by atoms with Crippen molar-refractivity contribution in [2.24, 2.45) is 0 Å². The second kappa shape index (κ2) is 4.38. The number of hydrogen-bond donors (Lipinski definition) is 1. The van der Waals surface area contributed by atoms with Crippen LogP contribution in [0.3, 0.4) is 0 Å². The van der Waals surface area contributed by atoms with Crippen LogP contribution in [0, 0.1) is 0 Å². The van der Waals surface area contributed by atoms with Gasteiger partial charge in [0.1, 0.15) is 5.75 Å². The zero-order chi connectivity index (χ0) is 11.7. The highest BCUT2D eigenvalue weighted by molar-refractivity contribution is 9.11. The molecule has 84 valence electrons. The van der Waals surface area contributed by atoms with E-state index in [1.165, 1.54) is 4.68 Å². The standard InChI is InChI=1S/C8H7Br2N5O/c1-16-7-3-6(4(9)2-5(7)10)15-8(11)12-13-14-15/h2-3H,1H3,(H2,11,12,14). The van der Waals surface area contributed by atoms with Crippen LogP contribution < -0.4 is 10.5 Å². The summed E-state index contributed by atoms with van der Waals surface area (Å²) < 4.78 is 8.24. The van der Waals surface area contributed by atoms with Crippen molar-refractivity contribution in [3.63, 3.8) is 0 Å². The number of tetrazole rings is 1. The van der Waals surface area contributed by atoms with Crippen molar-refractivity contribution in [2.45, 2.75) is 0 Å². The van der Waals surface area contributed by atoms with Crippen molar-refractivity contribution in [3.05, 3.63) is 21.1 Å². The van der Waals surface area contributed by atoms with Crippen molar-refractivity contribution in [2.75, 3.05) is 12.8 Å². The Hall–Kier alpha value is -1.15. The Morgan fingerprint density at radius 3 is 2.62 bits per heavy atom. The molecular weight excluding hydrogens is 342 g/mol. The molecule has 0 radical (unpaired) electrons. The Labute approximate surface area is 108 Å². The zero-order valence-electron chi connectivity index (χ0n) is 8.19. The molecule has 0 aliphatic carbocycles. The fourth-order valence-electron chi connectivity index (χ4n) is 1.20. The molecule has 1 heterocycles. The zero-order valence-corrected chi connectivity index (χ0v) is 11.4. The van der Waals surface area contributed by atoms with E-state index in [1.54, 1.807) is 13.2 Å². The highest BCUT2D eigenvalue weighted by Crippen LogP contribution is 2.33. The molecule has 0 saturated heterocycles. The molecule has 1 aromatic heterocycles. The number of hydrogen-bond acceptors (Lipinski definition) is 5. The highest BCUT2D eigenvalue weighted by Gasteiger charge is 2.12. The van der Waals surface area contributed by atoms with E-state index in [2.05, 4.69) is 47.4 Å². The maximum absolute atomic E-state index is 5.62. The van der Waals surface area contributed by atoms with Gasteiger partial charge in [0.05, 0.1) is 17.3 Å². The SMILES string of the molecule is COc1cc(-n2nnnc2N)c(Br)cc1Br. The largest absolute Gasteiger partial charge is 0.495 e. The van der Waals surface area contributed by atoms with Gasteiger partial charge in [-0.05, 0) is 48.4 Å². The Morgan fingerprint density at radius 2 is 2.06 bits per heavy atom. The lowest BCUT2D eigenvalue weighted by molar-refractivity contribution is 0.411. The topological polar surface area (TPSA) is 78.8 Å². The summed E-state index contributed by atoms with van der Waals surface area (Å²) in [5.74, 6) is 0.887. The molecule has 2 rings (SSSR count). The third kappa shape index (κ3) is 1.90. The van der Waals surface area contributed by atoms with E-state index >= 15 is 0 Å². The van der Waals surface area contributed by atoms with Crippen LogP contribution in [0.4, 0.5) is 5.95 Å². The molecule has 0 fully saturated rings. The Balaban J connectivity index is 2.61. The monoisotopic (exact) mass is 347 g/mol. The molecule has 0 spiro atoms. The predicted octanol–water partition coefficient (Wildman–Crippen LogP) is 1.78. The van der Waals surface area contributed by atoms with Gasteiger partial charge < -0.3 is 10.5 Å². The number of rotatable bonds is 2. The van der Waals surface area contributed by atoms with Crippen LogP contribution >= 0.6 is 31.9 Å². The maximum Gasteiger partial charge on any atom is 0.245 e. The number of methoxy groups -OCH3 is 1. The van der Waals surface area contributed by atoms with Gasteiger partial charge >= 0.3 is 0 Å². The number of halogens is 2. The van der Waals surface area contributed by atoms with Crippen LogP contribution in [-0.4, -0.2) is 27.3 Å². The first-order chi connectivity index (χ1) is 7.63. The molecule has 0 amide bonds. The van der Waals surface area contributed by atoms with Gasteiger partial charge in [0.25, 0.3) is 0 Å². The van der Waals surface area contributed by atoms with Crippen LogP contribution in [0.5, 0.6) is 5.75 Å². The predicted molar refractivity (Wildman–Crippen MR) is 65.5 cm³/mol. The lowest BCUT2D eigenvalue weighted by Gasteiger charge is -2.09. The molecular formula is C8H7Br2N5O. The molecule has 1 aromatic carbocycles. The van der Waals surface area contributed by atoms with E-state index in [0.717, 1.165) is 8.95 Å². The Kier molecular flexibility index (Phi) is 3.10.